The number of hydrogen-bond donors (Lipinski definition) is 2. The molecule has 0 bridgehead atoms. The maximum Gasteiger partial charge on any atom is 0.228 e. The molecule has 6 nitrogen and oxygen atoms in total. The molecule has 0 saturated carbocycles. The monoisotopic (exact) mass is 403 g/mol. The maximum absolute atomic E-state index is 5.91. The predicted octanol–water partition coefficient (Wildman–Crippen LogP) is 4.31. The number of thiophene rings is 1. The molecular weight excluding hydrogens is 382 g/mol. The number of nitrogens with one attached hydrogen (secondary N) is 2. The van der Waals surface area contributed by atoms with E-state index in [2.05, 4.69) is 50.2 Å². The summed E-state index contributed by atoms with van der Waals surface area (Å²) in [5, 5.41) is 13.5. The van der Waals surface area contributed by atoms with E-state index in [0.29, 0.717) is 29.7 Å². The summed E-state index contributed by atoms with van der Waals surface area (Å²) in [6.07, 6.45) is 0.574. The van der Waals surface area contributed by atoms with Crippen LogP contribution in [0.2, 0.25) is 5.02 Å². The molecule has 0 radical (unpaired) electrons. The molecule has 27 heavy (non-hydrogen) atoms. The molecule has 142 valence electrons. The van der Waals surface area contributed by atoms with E-state index in [1.807, 2.05) is 19.1 Å². The lowest BCUT2D eigenvalue weighted by Crippen LogP contribution is -2.38. The largest absolute Gasteiger partial charge is 0.357 e. The summed E-state index contributed by atoms with van der Waals surface area (Å²) >= 11 is 7.63. The van der Waals surface area contributed by atoms with Gasteiger partial charge in [-0.1, -0.05) is 22.8 Å². The van der Waals surface area contributed by atoms with Crippen LogP contribution in [-0.2, 0) is 6.42 Å². The van der Waals surface area contributed by atoms with Gasteiger partial charge in [0.05, 0.1) is 12.6 Å². The molecule has 2 aromatic heterocycles. The van der Waals surface area contributed by atoms with Crippen molar-refractivity contribution in [3.8, 4) is 11.4 Å². The highest BCUT2D eigenvalue weighted by molar-refractivity contribution is 7.10. The molecule has 0 spiro atoms. The molecule has 0 aliphatic rings. The lowest BCUT2D eigenvalue weighted by molar-refractivity contribution is 0.380. The Morgan fingerprint density at radius 1 is 1.30 bits per heavy atom. The zero-order valence-corrected chi connectivity index (χ0v) is 16.8. The molecule has 3 rings (SSSR count). The third kappa shape index (κ3) is 5.55. The van der Waals surface area contributed by atoms with Crippen molar-refractivity contribution in [2.24, 2.45) is 4.99 Å². The van der Waals surface area contributed by atoms with Crippen LogP contribution in [0.25, 0.3) is 11.4 Å². The lowest BCUT2D eigenvalue weighted by atomic mass is 10.2. The van der Waals surface area contributed by atoms with Crippen molar-refractivity contribution in [3.05, 3.63) is 57.6 Å². The van der Waals surface area contributed by atoms with Crippen LogP contribution in [0.5, 0.6) is 0 Å². The second-order valence-electron chi connectivity index (χ2n) is 5.91. The molecule has 1 unspecified atom stereocenters. The minimum Gasteiger partial charge on any atom is -0.357 e. The summed E-state index contributed by atoms with van der Waals surface area (Å²) in [5.74, 6) is 1.89. The van der Waals surface area contributed by atoms with Crippen molar-refractivity contribution in [1.29, 1.82) is 0 Å². The van der Waals surface area contributed by atoms with E-state index < -0.39 is 0 Å². The van der Waals surface area contributed by atoms with Crippen LogP contribution in [-0.4, -0.2) is 29.2 Å². The molecule has 0 aliphatic heterocycles. The van der Waals surface area contributed by atoms with Gasteiger partial charge in [-0.3, -0.25) is 4.99 Å². The van der Waals surface area contributed by atoms with Gasteiger partial charge in [-0.15, -0.1) is 11.3 Å². The van der Waals surface area contributed by atoms with E-state index >= 15 is 0 Å². The zero-order valence-electron chi connectivity index (χ0n) is 15.3. The number of benzene rings is 1. The molecule has 0 saturated heterocycles. The van der Waals surface area contributed by atoms with E-state index in [9.17, 15) is 0 Å². The molecule has 8 heteroatoms. The van der Waals surface area contributed by atoms with Crippen molar-refractivity contribution in [3.63, 3.8) is 0 Å². The number of aliphatic imine (C=N–C) groups is 1. The van der Waals surface area contributed by atoms with Crippen molar-refractivity contribution < 1.29 is 4.52 Å². The van der Waals surface area contributed by atoms with Crippen molar-refractivity contribution >= 4 is 28.9 Å². The van der Waals surface area contributed by atoms with Crippen LogP contribution < -0.4 is 10.6 Å². The molecule has 2 N–H and O–H groups in total. The van der Waals surface area contributed by atoms with Crippen molar-refractivity contribution in [1.82, 2.24) is 20.8 Å². The van der Waals surface area contributed by atoms with Crippen LogP contribution in [0, 0.1) is 0 Å². The van der Waals surface area contributed by atoms with E-state index in [0.717, 1.165) is 18.1 Å². The van der Waals surface area contributed by atoms with Gasteiger partial charge in [0.25, 0.3) is 0 Å². The average molecular weight is 404 g/mol. The highest BCUT2D eigenvalue weighted by Crippen LogP contribution is 2.19. The highest BCUT2D eigenvalue weighted by Gasteiger charge is 2.10. The van der Waals surface area contributed by atoms with Gasteiger partial charge in [0.15, 0.2) is 5.96 Å². The summed E-state index contributed by atoms with van der Waals surface area (Å²) in [5.41, 5.74) is 0.873. The Morgan fingerprint density at radius 2 is 2.11 bits per heavy atom. The number of guanidine groups is 1. The van der Waals surface area contributed by atoms with Crippen molar-refractivity contribution in [2.45, 2.75) is 26.3 Å². The first-order valence-corrected chi connectivity index (χ1v) is 10.1. The first kappa shape index (κ1) is 19.4. The van der Waals surface area contributed by atoms with Gasteiger partial charge in [0, 0.05) is 28.4 Å². The normalized spacial score (nSPS) is 12.8. The van der Waals surface area contributed by atoms with Gasteiger partial charge in [0.2, 0.25) is 11.7 Å². The molecule has 0 aliphatic carbocycles. The Bertz CT molecular complexity index is 861. The third-order valence-corrected chi connectivity index (χ3v) is 5.14. The Morgan fingerprint density at radius 3 is 2.81 bits per heavy atom. The van der Waals surface area contributed by atoms with Gasteiger partial charge in [-0.05, 0) is 49.6 Å². The predicted molar refractivity (Wildman–Crippen MR) is 110 cm³/mol. The summed E-state index contributed by atoms with van der Waals surface area (Å²) in [7, 11) is 0. The maximum atomic E-state index is 5.91. The fourth-order valence-electron chi connectivity index (χ4n) is 2.47. The van der Waals surface area contributed by atoms with E-state index in [1.54, 1.807) is 23.5 Å². The molecule has 0 fully saturated rings. The van der Waals surface area contributed by atoms with Gasteiger partial charge in [-0.2, -0.15) is 4.98 Å². The third-order valence-electron chi connectivity index (χ3n) is 3.83. The van der Waals surface area contributed by atoms with E-state index in [-0.39, 0.29) is 6.04 Å². The van der Waals surface area contributed by atoms with E-state index in [4.69, 9.17) is 16.1 Å². The summed E-state index contributed by atoms with van der Waals surface area (Å²) in [6, 6.07) is 11.7. The Balaban J connectivity index is 1.58. The first-order valence-electron chi connectivity index (χ1n) is 8.82. The highest BCUT2D eigenvalue weighted by atomic mass is 35.5. The van der Waals surface area contributed by atoms with Gasteiger partial charge >= 0.3 is 0 Å². The van der Waals surface area contributed by atoms with Crippen LogP contribution in [0.1, 0.15) is 30.7 Å². The number of rotatable bonds is 7. The van der Waals surface area contributed by atoms with Crippen LogP contribution >= 0.6 is 22.9 Å². The summed E-state index contributed by atoms with van der Waals surface area (Å²) < 4.78 is 5.33. The van der Waals surface area contributed by atoms with Gasteiger partial charge in [-0.25, -0.2) is 0 Å². The van der Waals surface area contributed by atoms with Crippen molar-refractivity contribution in [2.75, 3.05) is 13.1 Å². The van der Waals surface area contributed by atoms with E-state index in [1.165, 1.54) is 4.88 Å². The smallest absolute Gasteiger partial charge is 0.228 e. The van der Waals surface area contributed by atoms with Gasteiger partial charge < -0.3 is 15.2 Å². The van der Waals surface area contributed by atoms with Crippen LogP contribution in [0.3, 0.4) is 0 Å². The fraction of sp³-hybridized carbons (Fsp3) is 0.316. The fourth-order valence-corrected chi connectivity index (χ4v) is 3.33. The van der Waals surface area contributed by atoms with Crippen LogP contribution in [0.15, 0.2) is 51.3 Å². The topological polar surface area (TPSA) is 75.3 Å². The second kappa shape index (κ2) is 9.53. The first-order chi connectivity index (χ1) is 13.2. The molecule has 0 amide bonds. The number of hydrogen-bond acceptors (Lipinski definition) is 5. The minimum atomic E-state index is 0.197. The molecule has 3 aromatic rings. The lowest BCUT2D eigenvalue weighted by Gasteiger charge is -2.16. The minimum absolute atomic E-state index is 0.197. The number of aromatic nitrogens is 2. The number of nitrogens with zero attached hydrogens (tertiary/aromatic N) is 3. The molecular formula is C19H22ClN5OS. The average Bonchev–Trinajstić information content (AvgIpc) is 3.35. The summed E-state index contributed by atoms with van der Waals surface area (Å²) in [4.78, 5) is 10.3. The molecule has 1 aromatic carbocycles. The van der Waals surface area contributed by atoms with Crippen LogP contribution in [0.4, 0.5) is 0 Å². The Kier molecular flexibility index (Phi) is 6.84. The SMILES string of the molecule is CCNC(=NCCc1nc(-c2ccc(Cl)cc2)no1)NC(C)c1cccs1. The molecule has 2 heterocycles. The summed E-state index contributed by atoms with van der Waals surface area (Å²) in [6.45, 7) is 5.51. The second-order valence-corrected chi connectivity index (χ2v) is 7.33. The zero-order chi connectivity index (χ0) is 19.1. The number of halogens is 1. The quantitative estimate of drug-likeness (QED) is 0.454. The standard InChI is InChI=1S/C19H22ClN5OS/c1-3-21-19(23-13(2)16-5-4-12-27-16)22-11-10-17-24-18(25-26-17)14-6-8-15(20)9-7-14/h4-9,12-13H,3,10-11H2,1-2H3,(H2,21,22,23). The van der Waals surface area contributed by atoms with Gasteiger partial charge in [0.1, 0.15) is 0 Å². The Hall–Kier alpha value is -2.38. The molecule has 1 atom stereocenters. The Labute approximate surface area is 167 Å².